The van der Waals surface area contributed by atoms with E-state index in [1.165, 1.54) is 11.3 Å². The molecule has 0 bridgehead atoms. The first-order valence-electron chi connectivity index (χ1n) is 12.1. The van der Waals surface area contributed by atoms with Crippen LogP contribution in [0.15, 0.2) is 48.0 Å². The average molecular weight is 509 g/mol. The predicted molar refractivity (Wildman–Crippen MR) is 142 cm³/mol. The molecule has 1 aromatic carbocycles. The quantitative estimate of drug-likeness (QED) is 0.310. The lowest BCUT2D eigenvalue weighted by atomic mass is 9.91. The third kappa shape index (κ3) is 5.04. The normalized spacial score (nSPS) is 18.9. The van der Waals surface area contributed by atoms with Gasteiger partial charge in [0.05, 0.1) is 27.2 Å². The number of thiophene rings is 1. The van der Waals surface area contributed by atoms with Crippen molar-refractivity contribution in [2.24, 2.45) is 0 Å². The van der Waals surface area contributed by atoms with Gasteiger partial charge in [0.2, 0.25) is 0 Å². The number of amides is 1. The third-order valence-electron chi connectivity index (χ3n) is 6.73. The molecule has 1 amide bonds. The maximum absolute atomic E-state index is 12.4. The van der Waals surface area contributed by atoms with Gasteiger partial charge in [-0.15, -0.1) is 11.3 Å². The van der Waals surface area contributed by atoms with Crippen LogP contribution in [0.25, 0.3) is 16.7 Å². The predicted octanol–water partition coefficient (Wildman–Crippen LogP) is 6.20. The van der Waals surface area contributed by atoms with Crippen molar-refractivity contribution in [1.82, 2.24) is 25.1 Å². The van der Waals surface area contributed by atoms with Gasteiger partial charge in [-0.1, -0.05) is 43.6 Å². The number of carbonyl (C=O) groups excluding carboxylic acids is 1. The fourth-order valence-electron chi connectivity index (χ4n) is 4.48. The Morgan fingerprint density at radius 1 is 1.14 bits per heavy atom. The minimum absolute atomic E-state index is 0.0269. The van der Waals surface area contributed by atoms with Crippen LogP contribution < -0.4 is 10.6 Å². The molecule has 1 saturated carbocycles. The number of rotatable bonds is 7. The Morgan fingerprint density at radius 2 is 1.91 bits per heavy atom. The highest BCUT2D eigenvalue weighted by atomic mass is 35.5. The monoisotopic (exact) mass is 508 g/mol. The average Bonchev–Trinajstić information content (AvgIpc) is 3.56. The first-order valence-corrected chi connectivity index (χ1v) is 13.4. The summed E-state index contributed by atoms with van der Waals surface area (Å²) in [6.07, 6.45) is 6.53. The Hall–Kier alpha value is -2.97. The van der Waals surface area contributed by atoms with E-state index in [9.17, 15) is 4.79 Å². The first kappa shape index (κ1) is 23.8. The summed E-state index contributed by atoms with van der Waals surface area (Å²) in [4.78, 5) is 23.0. The summed E-state index contributed by atoms with van der Waals surface area (Å²) in [5.74, 6) is 1.86. The van der Waals surface area contributed by atoms with Crippen LogP contribution in [-0.2, 0) is 0 Å². The molecule has 0 saturated heterocycles. The molecular formula is C26H29ClN6OS. The zero-order valence-corrected chi connectivity index (χ0v) is 21.4. The molecule has 0 unspecified atom stereocenters. The molecule has 182 valence electrons. The van der Waals surface area contributed by atoms with Crippen LogP contribution in [0, 0.1) is 0 Å². The Bertz CT molecular complexity index is 1310. The van der Waals surface area contributed by atoms with Crippen LogP contribution in [0.3, 0.4) is 0 Å². The van der Waals surface area contributed by atoms with Crippen LogP contribution in [-0.4, -0.2) is 37.7 Å². The van der Waals surface area contributed by atoms with E-state index in [4.69, 9.17) is 21.6 Å². The van der Waals surface area contributed by atoms with Crippen molar-refractivity contribution >= 4 is 45.7 Å². The van der Waals surface area contributed by atoms with Gasteiger partial charge in [-0.2, -0.15) is 5.10 Å². The zero-order valence-electron chi connectivity index (χ0n) is 19.9. The number of hydrogen-bond acceptors (Lipinski definition) is 6. The molecule has 35 heavy (non-hydrogen) atoms. The summed E-state index contributed by atoms with van der Waals surface area (Å²) < 4.78 is 1.80. The number of nitrogens with zero attached hydrogens (tertiary/aromatic N) is 4. The van der Waals surface area contributed by atoms with Gasteiger partial charge in [-0.25, -0.2) is 14.6 Å². The van der Waals surface area contributed by atoms with E-state index in [-0.39, 0.29) is 23.9 Å². The standard InChI is InChI=1S/C26H29ClN6OS/c1-3-16(2)23-31-24(19-15-28-33(25(19)32-23)21-8-5-4-7-20(21)27)29-17-10-12-18(13-11-17)30-26(34)22-9-6-14-35-22/h4-9,14-18H,3,10-13H2,1-2H3,(H,30,34)(H,29,31,32)/t16-,17?,18?/m0/s1. The minimum atomic E-state index is 0.0269. The highest BCUT2D eigenvalue weighted by Crippen LogP contribution is 2.30. The van der Waals surface area contributed by atoms with Crippen LogP contribution in [0.1, 0.15) is 67.4 Å². The Kier molecular flexibility index (Phi) is 7.02. The van der Waals surface area contributed by atoms with Crippen LogP contribution in [0.5, 0.6) is 0 Å². The fourth-order valence-corrected chi connectivity index (χ4v) is 5.32. The molecule has 1 fully saturated rings. The van der Waals surface area contributed by atoms with Crippen molar-refractivity contribution in [3.63, 3.8) is 0 Å². The molecule has 1 aliphatic carbocycles. The van der Waals surface area contributed by atoms with E-state index in [0.29, 0.717) is 5.02 Å². The minimum Gasteiger partial charge on any atom is -0.367 e. The summed E-state index contributed by atoms with van der Waals surface area (Å²) in [5.41, 5.74) is 1.55. The number of para-hydroxylation sites is 1. The summed E-state index contributed by atoms with van der Waals surface area (Å²) in [5, 5.41) is 14.9. The maximum atomic E-state index is 12.4. The molecule has 0 radical (unpaired) electrons. The van der Waals surface area contributed by atoms with Crippen molar-refractivity contribution in [3.05, 3.63) is 63.7 Å². The molecule has 3 aromatic heterocycles. The molecule has 9 heteroatoms. The van der Waals surface area contributed by atoms with Crippen LogP contribution in [0.2, 0.25) is 5.02 Å². The molecule has 1 aliphatic rings. The van der Waals surface area contributed by atoms with Crippen molar-refractivity contribution in [3.8, 4) is 5.69 Å². The highest BCUT2D eigenvalue weighted by molar-refractivity contribution is 7.12. The lowest BCUT2D eigenvalue weighted by Crippen LogP contribution is -2.40. The molecular weight excluding hydrogens is 480 g/mol. The lowest BCUT2D eigenvalue weighted by molar-refractivity contribution is 0.0930. The van der Waals surface area contributed by atoms with E-state index in [0.717, 1.165) is 65.3 Å². The van der Waals surface area contributed by atoms with Gasteiger partial charge in [0.1, 0.15) is 11.6 Å². The highest BCUT2D eigenvalue weighted by Gasteiger charge is 2.25. The summed E-state index contributed by atoms with van der Waals surface area (Å²) in [7, 11) is 0. The van der Waals surface area contributed by atoms with Crippen molar-refractivity contribution in [1.29, 1.82) is 0 Å². The number of fused-ring (bicyclic) bond motifs is 1. The number of anilines is 1. The molecule has 5 rings (SSSR count). The second-order valence-electron chi connectivity index (χ2n) is 9.13. The number of halogens is 1. The summed E-state index contributed by atoms with van der Waals surface area (Å²) >= 11 is 7.95. The molecule has 1 atom stereocenters. The molecule has 2 N–H and O–H groups in total. The molecule has 3 heterocycles. The fraction of sp³-hybridized carbons (Fsp3) is 0.385. The number of carbonyl (C=O) groups is 1. The Labute approximate surface area is 213 Å². The number of hydrogen-bond donors (Lipinski definition) is 2. The molecule has 0 aliphatic heterocycles. The molecule has 0 spiro atoms. The second-order valence-corrected chi connectivity index (χ2v) is 10.5. The largest absolute Gasteiger partial charge is 0.367 e. The van der Waals surface area contributed by atoms with Crippen molar-refractivity contribution < 1.29 is 4.79 Å². The summed E-state index contributed by atoms with van der Waals surface area (Å²) in [6, 6.07) is 11.9. The number of aromatic nitrogens is 4. The Morgan fingerprint density at radius 3 is 2.63 bits per heavy atom. The van der Waals surface area contributed by atoms with Crippen LogP contribution >= 0.6 is 22.9 Å². The molecule has 7 nitrogen and oxygen atoms in total. The number of nitrogens with one attached hydrogen (secondary N) is 2. The van der Waals surface area contributed by atoms with Gasteiger partial charge in [-0.05, 0) is 55.7 Å². The van der Waals surface area contributed by atoms with E-state index < -0.39 is 0 Å². The summed E-state index contributed by atoms with van der Waals surface area (Å²) in [6.45, 7) is 4.28. The SMILES string of the molecule is CC[C@H](C)c1nc(NC2CCC(NC(=O)c3cccs3)CC2)c2cnn(-c3ccccc3Cl)c2n1. The van der Waals surface area contributed by atoms with Gasteiger partial charge in [-0.3, -0.25) is 4.79 Å². The van der Waals surface area contributed by atoms with E-state index in [1.54, 1.807) is 4.68 Å². The van der Waals surface area contributed by atoms with E-state index >= 15 is 0 Å². The zero-order chi connectivity index (χ0) is 24.4. The van der Waals surface area contributed by atoms with Gasteiger partial charge in [0, 0.05) is 18.0 Å². The topological polar surface area (TPSA) is 84.7 Å². The smallest absolute Gasteiger partial charge is 0.261 e. The number of benzene rings is 1. The van der Waals surface area contributed by atoms with Gasteiger partial charge in [0.25, 0.3) is 5.91 Å². The van der Waals surface area contributed by atoms with Gasteiger partial charge in [0.15, 0.2) is 5.65 Å². The van der Waals surface area contributed by atoms with Gasteiger partial charge < -0.3 is 10.6 Å². The van der Waals surface area contributed by atoms with E-state index in [2.05, 4.69) is 29.6 Å². The van der Waals surface area contributed by atoms with Crippen molar-refractivity contribution in [2.75, 3.05) is 5.32 Å². The molecule has 4 aromatic rings. The van der Waals surface area contributed by atoms with Crippen LogP contribution in [0.4, 0.5) is 5.82 Å². The second kappa shape index (κ2) is 10.3. The maximum Gasteiger partial charge on any atom is 0.261 e. The van der Waals surface area contributed by atoms with Crippen molar-refractivity contribution in [2.45, 2.75) is 64.0 Å². The first-order chi connectivity index (χ1) is 17.0. The third-order valence-corrected chi connectivity index (χ3v) is 7.92. The Balaban J connectivity index is 1.36. The lowest BCUT2D eigenvalue weighted by Gasteiger charge is -2.30. The van der Waals surface area contributed by atoms with E-state index in [1.807, 2.05) is 48.0 Å². The van der Waals surface area contributed by atoms with Gasteiger partial charge >= 0.3 is 0 Å².